The lowest BCUT2D eigenvalue weighted by Crippen LogP contribution is -2.29. The average molecular weight is 323 g/mol. The Bertz CT molecular complexity index is 420. The van der Waals surface area contributed by atoms with Gasteiger partial charge >= 0.3 is 0 Å². The maximum atomic E-state index is 11.5. The first-order valence-corrected chi connectivity index (χ1v) is 6.30. The van der Waals surface area contributed by atoms with Crippen LogP contribution < -0.4 is 5.32 Å². The molecular formula is C10H13BrClN3O2. The minimum absolute atomic E-state index is 0.134. The number of carbonyl (C=O) groups excluding carboxylic acids is 2. The van der Waals surface area contributed by atoms with E-state index in [0.717, 1.165) is 10.2 Å². The van der Waals surface area contributed by atoms with Crippen LogP contribution in [0.3, 0.4) is 0 Å². The highest BCUT2D eigenvalue weighted by Crippen LogP contribution is 2.13. The average Bonchev–Trinajstić information content (AvgIpc) is 2.56. The largest absolute Gasteiger partial charge is 0.354 e. The van der Waals surface area contributed by atoms with Crippen LogP contribution in [0.25, 0.3) is 0 Å². The molecule has 0 unspecified atom stereocenters. The van der Waals surface area contributed by atoms with E-state index < -0.39 is 0 Å². The minimum atomic E-state index is -0.383. The van der Waals surface area contributed by atoms with Gasteiger partial charge in [-0.25, -0.2) is 0 Å². The molecule has 0 spiro atoms. The quantitative estimate of drug-likeness (QED) is 0.639. The van der Waals surface area contributed by atoms with Crippen LogP contribution in [0.2, 0.25) is 0 Å². The van der Waals surface area contributed by atoms with Crippen LogP contribution in [0.15, 0.2) is 10.7 Å². The van der Waals surface area contributed by atoms with E-state index in [2.05, 4.69) is 26.3 Å². The fourth-order valence-electron chi connectivity index (χ4n) is 1.23. The van der Waals surface area contributed by atoms with Gasteiger partial charge in [0, 0.05) is 13.0 Å². The summed E-state index contributed by atoms with van der Waals surface area (Å²) in [6.45, 7) is 2.49. The van der Waals surface area contributed by atoms with E-state index >= 15 is 0 Å². The normalized spacial score (nSPS) is 10.3. The van der Waals surface area contributed by atoms with Crippen molar-refractivity contribution in [2.24, 2.45) is 0 Å². The Labute approximate surface area is 113 Å². The molecule has 0 aliphatic heterocycles. The number of aromatic nitrogens is 2. The van der Waals surface area contributed by atoms with Gasteiger partial charge in [0.05, 0.1) is 16.4 Å². The Hall–Kier alpha value is -0.880. The van der Waals surface area contributed by atoms with Gasteiger partial charge in [-0.05, 0) is 40.9 Å². The maximum absolute atomic E-state index is 11.5. The Morgan fingerprint density at radius 2 is 2.29 bits per heavy atom. The molecule has 0 aliphatic carbocycles. The van der Waals surface area contributed by atoms with Gasteiger partial charge in [0.2, 0.25) is 11.1 Å². The number of halogens is 2. The summed E-state index contributed by atoms with van der Waals surface area (Å²) in [4.78, 5) is 22.0. The van der Waals surface area contributed by atoms with Crippen LogP contribution >= 0.6 is 27.5 Å². The molecule has 0 saturated heterocycles. The molecule has 1 rings (SSSR count). The third-order valence-electron chi connectivity index (χ3n) is 2.21. The van der Waals surface area contributed by atoms with E-state index in [-0.39, 0.29) is 24.1 Å². The van der Waals surface area contributed by atoms with Crippen molar-refractivity contribution in [1.82, 2.24) is 15.1 Å². The molecule has 0 saturated carbocycles. The second-order valence-corrected chi connectivity index (χ2v) is 4.82. The Morgan fingerprint density at radius 3 is 2.82 bits per heavy atom. The SMILES string of the molecule is Cc1c(Br)cnn1CC(=O)NCCCC(=O)Cl. The lowest BCUT2D eigenvalue weighted by atomic mass is 10.3. The molecule has 0 aliphatic rings. The number of nitrogens with zero attached hydrogens (tertiary/aromatic N) is 2. The number of rotatable bonds is 6. The summed E-state index contributed by atoms with van der Waals surface area (Å²) in [7, 11) is 0. The molecule has 17 heavy (non-hydrogen) atoms. The molecule has 7 heteroatoms. The summed E-state index contributed by atoms with van der Waals surface area (Å²) in [6, 6.07) is 0. The monoisotopic (exact) mass is 321 g/mol. The molecule has 1 amide bonds. The predicted molar refractivity (Wildman–Crippen MR) is 67.8 cm³/mol. The van der Waals surface area contributed by atoms with Gasteiger partial charge in [-0.15, -0.1) is 0 Å². The Kier molecular flexibility index (Phi) is 5.64. The first kappa shape index (κ1) is 14.2. The number of hydrogen-bond donors (Lipinski definition) is 1. The van der Waals surface area contributed by atoms with Crippen molar-refractivity contribution in [3.8, 4) is 0 Å². The topological polar surface area (TPSA) is 64.0 Å². The van der Waals surface area contributed by atoms with Crippen LogP contribution in [0, 0.1) is 6.92 Å². The molecule has 0 bridgehead atoms. The van der Waals surface area contributed by atoms with E-state index in [0.29, 0.717) is 13.0 Å². The highest BCUT2D eigenvalue weighted by atomic mass is 79.9. The molecule has 1 N–H and O–H groups in total. The van der Waals surface area contributed by atoms with Crippen molar-refractivity contribution in [3.63, 3.8) is 0 Å². The fraction of sp³-hybridized carbons (Fsp3) is 0.500. The van der Waals surface area contributed by atoms with Crippen LogP contribution in [0.5, 0.6) is 0 Å². The van der Waals surface area contributed by atoms with Crippen molar-refractivity contribution < 1.29 is 9.59 Å². The van der Waals surface area contributed by atoms with Gasteiger partial charge < -0.3 is 5.32 Å². The van der Waals surface area contributed by atoms with Crippen molar-refractivity contribution in [1.29, 1.82) is 0 Å². The van der Waals surface area contributed by atoms with Gasteiger partial charge in [0.25, 0.3) is 0 Å². The number of amides is 1. The second-order valence-electron chi connectivity index (χ2n) is 3.54. The fourth-order valence-corrected chi connectivity index (χ4v) is 1.66. The summed E-state index contributed by atoms with van der Waals surface area (Å²) >= 11 is 8.49. The molecule has 0 atom stereocenters. The molecule has 0 fully saturated rings. The first-order chi connectivity index (χ1) is 8.00. The highest BCUT2D eigenvalue weighted by Gasteiger charge is 2.07. The smallest absolute Gasteiger partial charge is 0.241 e. The Balaban J connectivity index is 2.30. The molecule has 1 aromatic rings. The predicted octanol–water partition coefficient (Wildman–Crippen LogP) is 1.62. The second kappa shape index (κ2) is 6.76. The van der Waals surface area contributed by atoms with Crippen LogP contribution in [0.1, 0.15) is 18.5 Å². The summed E-state index contributed by atoms with van der Waals surface area (Å²) in [5, 5.41) is 6.36. The molecule has 5 nitrogen and oxygen atoms in total. The lowest BCUT2D eigenvalue weighted by molar-refractivity contribution is -0.122. The molecule has 1 heterocycles. The lowest BCUT2D eigenvalue weighted by Gasteiger charge is -2.06. The summed E-state index contributed by atoms with van der Waals surface area (Å²) in [6.07, 6.45) is 2.47. The van der Waals surface area contributed by atoms with Crippen molar-refractivity contribution in [2.45, 2.75) is 26.3 Å². The number of nitrogens with one attached hydrogen (secondary N) is 1. The maximum Gasteiger partial charge on any atom is 0.241 e. The molecule has 0 aromatic carbocycles. The Morgan fingerprint density at radius 1 is 1.59 bits per heavy atom. The van der Waals surface area contributed by atoms with Crippen LogP contribution in [-0.2, 0) is 16.1 Å². The van der Waals surface area contributed by atoms with Gasteiger partial charge in [0.15, 0.2) is 0 Å². The van der Waals surface area contributed by atoms with E-state index in [4.69, 9.17) is 11.6 Å². The van der Waals surface area contributed by atoms with Gasteiger partial charge in [0.1, 0.15) is 6.54 Å². The number of carbonyl (C=O) groups is 2. The highest BCUT2D eigenvalue weighted by molar-refractivity contribution is 9.10. The molecular weight excluding hydrogens is 309 g/mol. The zero-order valence-electron chi connectivity index (χ0n) is 9.37. The van der Waals surface area contributed by atoms with Gasteiger partial charge in [-0.3, -0.25) is 14.3 Å². The van der Waals surface area contributed by atoms with E-state index in [1.807, 2.05) is 6.92 Å². The zero-order valence-corrected chi connectivity index (χ0v) is 11.7. The number of hydrogen-bond acceptors (Lipinski definition) is 3. The summed E-state index contributed by atoms with van der Waals surface area (Å²) in [5.74, 6) is -0.134. The van der Waals surface area contributed by atoms with Crippen molar-refractivity contribution in [3.05, 3.63) is 16.4 Å². The van der Waals surface area contributed by atoms with Crippen molar-refractivity contribution in [2.75, 3.05) is 6.54 Å². The van der Waals surface area contributed by atoms with Gasteiger partial charge in [-0.2, -0.15) is 5.10 Å². The molecule has 0 radical (unpaired) electrons. The first-order valence-electron chi connectivity index (χ1n) is 5.13. The van der Waals surface area contributed by atoms with E-state index in [1.165, 1.54) is 0 Å². The standard InChI is InChI=1S/C10H13BrClN3O2/c1-7-8(11)5-14-15(7)6-10(17)13-4-2-3-9(12)16/h5H,2-4,6H2,1H3,(H,13,17). The minimum Gasteiger partial charge on any atom is -0.354 e. The zero-order chi connectivity index (χ0) is 12.8. The molecule has 1 aromatic heterocycles. The van der Waals surface area contributed by atoms with Crippen LogP contribution in [-0.4, -0.2) is 27.5 Å². The van der Waals surface area contributed by atoms with E-state index in [9.17, 15) is 9.59 Å². The summed E-state index contributed by atoms with van der Waals surface area (Å²) in [5.41, 5.74) is 0.899. The van der Waals surface area contributed by atoms with E-state index in [1.54, 1.807) is 10.9 Å². The third-order valence-corrected chi connectivity index (χ3v) is 3.18. The van der Waals surface area contributed by atoms with Crippen molar-refractivity contribution >= 4 is 38.7 Å². The molecule has 94 valence electrons. The third kappa shape index (κ3) is 4.87. The summed E-state index contributed by atoms with van der Waals surface area (Å²) < 4.78 is 2.48. The van der Waals surface area contributed by atoms with Crippen LogP contribution in [0.4, 0.5) is 0 Å². The van der Waals surface area contributed by atoms with Gasteiger partial charge in [-0.1, -0.05) is 0 Å².